The van der Waals surface area contributed by atoms with Gasteiger partial charge in [0.15, 0.2) is 11.0 Å². The van der Waals surface area contributed by atoms with Crippen LogP contribution in [0.25, 0.3) is 0 Å². The van der Waals surface area contributed by atoms with Gasteiger partial charge in [-0.15, -0.1) is 21.5 Å². The van der Waals surface area contributed by atoms with Crippen LogP contribution in [0.15, 0.2) is 29.4 Å². The minimum absolute atomic E-state index is 0.0186. The molecule has 0 aliphatic carbocycles. The maximum Gasteiger partial charge on any atom is 0.348 e. The molecule has 0 bridgehead atoms. The summed E-state index contributed by atoms with van der Waals surface area (Å²) in [6, 6.07) is 7.72. The van der Waals surface area contributed by atoms with Gasteiger partial charge in [-0.2, -0.15) is 0 Å². The summed E-state index contributed by atoms with van der Waals surface area (Å²) in [5.41, 5.74) is 1.59. The number of carbonyl (C=O) groups is 3. The quantitative estimate of drug-likeness (QED) is 0.256. The first-order valence-corrected chi connectivity index (χ1v) is 13.6. The second-order valence-electron chi connectivity index (χ2n) is 7.74. The Bertz CT molecular complexity index is 1270. The third kappa shape index (κ3) is 6.89. The van der Waals surface area contributed by atoms with Crippen molar-refractivity contribution < 1.29 is 28.6 Å². The maximum atomic E-state index is 12.8. The number of thioether (sulfide) groups is 1. The lowest BCUT2D eigenvalue weighted by molar-refractivity contribution is -0.113. The summed E-state index contributed by atoms with van der Waals surface area (Å²) in [6.45, 7) is 10.1. The Hall–Kier alpha value is -3.38. The Morgan fingerprint density at radius 2 is 1.73 bits per heavy atom. The fraction of sp³-hybridized carbons (Fsp3) is 0.400. The lowest BCUT2D eigenvalue weighted by Crippen LogP contribution is -2.17. The highest BCUT2D eigenvalue weighted by atomic mass is 32.2. The summed E-state index contributed by atoms with van der Waals surface area (Å²) < 4.78 is 18.0. The number of thiophene rings is 1. The molecule has 10 nitrogen and oxygen atoms in total. The van der Waals surface area contributed by atoms with Crippen molar-refractivity contribution in [1.29, 1.82) is 0 Å². The van der Waals surface area contributed by atoms with Crippen LogP contribution < -0.4 is 10.1 Å². The Balaban J connectivity index is 1.70. The zero-order valence-corrected chi connectivity index (χ0v) is 23.1. The molecule has 1 amide bonds. The van der Waals surface area contributed by atoms with Crippen LogP contribution in [0.4, 0.5) is 5.00 Å². The molecule has 0 unspecified atom stereocenters. The Kier molecular flexibility index (Phi) is 10.1. The second-order valence-corrected chi connectivity index (χ2v) is 9.70. The Morgan fingerprint density at radius 3 is 2.41 bits per heavy atom. The first kappa shape index (κ1) is 28.2. The van der Waals surface area contributed by atoms with E-state index in [0.29, 0.717) is 23.1 Å². The van der Waals surface area contributed by atoms with Crippen molar-refractivity contribution in [1.82, 2.24) is 14.8 Å². The van der Waals surface area contributed by atoms with Crippen LogP contribution in [0.5, 0.6) is 5.75 Å². The highest BCUT2D eigenvalue weighted by Crippen LogP contribution is 2.34. The van der Waals surface area contributed by atoms with E-state index >= 15 is 0 Å². The van der Waals surface area contributed by atoms with Gasteiger partial charge in [0.1, 0.15) is 22.2 Å². The lowest BCUT2D eigenvalue weighted by Gasteiger charge is -2.10. The summed E-state index contributed by atoms with van der Waals surface area (Å²) >= 11 is 2.20. The number of nitrogens with one attached hydrogen (secondary N) is 1. The second kappa shape index (κ2) is 13.2. The number of aromatic nitrogens is 3. The van der Waals surface area contributed by atoms with Gasteiger partial charge < -0.3 is 24.1 Å². The van der Waals surface area contributed by atoms with Crippen molar-refractivity contribution in [2.75, 3.05) is 24.3 Å². The largest absolute Gasteiger partial charge is 0.485 e. The monoisotopic (exact) mass is 546 g/mol. The molecular weight excluding hydrogens is 516 g/mol. The normalized spacial score (nSPS) is 10.7. The predicted octanol–water partition coefficient (Wildman–Crippen LogP) is 4.64. The van der Waals surface area contributed by atoms with E-state index in [1.807, 2.05) is 42.7 Å². The molecule has 37 heavy (non-hydrogen) atoms. The van der Waals surface area contributed by atoms with Gasteiger partial charge in [0, 0.05) is 6.54 Å². The fourth-order valence-corrected chi connectivity index (χ4v) is 5.37. The highest BCUT2D eigenvalue weighted by molar-refractivity contribution is 7.99. The molecule has 0 radical (unpaired) electrons. The first-order chi connectivity index (χ1) is 17.8. The molecule has 0 saturated heterocycles. The minimum Gasteiger partial charge on any atom is -0.485 e. The van der Waals surface area contributed by atoms with Gasteiger partial charge in [-0.05, 0) is 51.8 Å². The third-order valence-electron chi connectivity index (χ3n) is 5.23. The number of hydrogen-bond donors (Lipinski definition) is 1. The van der Waals surface area contributed by atoms with E-state index in [9.17, 15) is 14.4 Å². The Labute approximate surface area is 223 Å². The molecule has 2 heterocycles. The smallest absolute Gasteiger partial charge is 0.348 e. The molecule has 3 aromatic rings. The van der Waals surface area contributed by atoms with Crippen LogP contribution in [-0.2, 0) is 27.4 Å². The number of para-hydroxylation sites is 1. The van der Waals surface area contributed by atoms with Gasteiger partial charge in [-0.25, -0.2) is 9.59 Å². The molecular formula is C25H30N4O6S2. The summed E-state index contributed by atoms with van der Waals surface area (Å²) in [4.78, 5) is 37.9. The molecule has 3 rings (SSSR count). The molecule has 0 spiro atoms. The van der Waals surface area contributed by atoms with Crippen molar-refractivity contribution in [3.05, 3.63) is 51.7 Å². The van der Waals surface area contributed by atoms with Crippen LogP contribution in [0.2, 0.25) is 0 Å². The standard InChI is InChI=1S/C25H30N4O6S2/c1-6-29-18(13-35-17-12-10-9-11-15(17)4)27-28-25(29)36-14-19(30)26-22-20(23(31)33-7-2)16(5)21(37-22)24(32)34-8-3/h9-12H,6-8,13-14H2,1-5H3,(H,26,30). The Morgan fingerprint density at radius 1 is 1.03 bits per heavy atom. The van der Waals surface area contributed by atoms with E-state index in [4.69, 9.17) is 14.2 Å². The first-order valence-electron chi connectivity index (χ1n) is 11.8. The molecule has 2 aromatic heterocycles. The average molecular weight is 547 g/mol. The summed E-state index contributed by atoms with van der Waals surface area (Å²) in [6.07, 6.45) is 0. The molecule has 1 aromatic carbocycles. The molecule has 0 saturated carbocycles. The molecule has 0 aliphatic heterocycles. The van der Waals surface area contributed by atoms with Crippen LogP contribution in [-0.4, -0.2) is 51.6 Å². The number of amides is 1. The lowest BCUT2D eigenvalue weighted by atomic mass is 10.1. The molecule has 1 N–H and O–H groups in total. The van der Waals surface area contributed by atoms with Crippen LogP contribution in [0.1, 0.15) is 57.8 Å². The van der Waals surface area contributed by atoms with Crippen LogP contribution in [0, 0.1) is 13.8 Å². The molecule has 12 heteroatoms. The molecule has 0 aliphatic rings. The van der Waals surface area contributed by atoms with Gasteiger partial charge >= 0.3 is 11.9 Å². The zero-order chi connectivity index (χ0) is 26.9. The minimum atomic E-state index is -0.612. The predicted molar refractivity (Wildman–Crippen MR) is 142 cm³/mol. The van der Waals surface area contributed by atoms with Gasteiger partial charge in [0.05, 0.1) is 24.5 Å². The number of esters is 2. The zero-order valence-electron chi connectivity index (χ0n) is 21.5. The number of aryl methyl sites for hydroxylation is 1. The summed E-state index contributed by atoms with van der Waals surface area (Å²) in [5, 5.41) is 12.0. The number of ether oxygens (including phenoxy) is 3. The van der Waals surface area contributed by atoms with Crippen LogP contribution >= 0.6 is 23.1 Å². The van der Waals surface area contributed by atoms with Crippen molar-refractivity contribution >= 4 is 45.9 Å². The van der Waals surface area contributed by atoms with E-state index in [0.717, 1.165) is 22.6 Å². The van der Waals surface area contributed by atoms with E-state index in [1.54, 1.807) is 20.8 Å². The van der Waals surface area contributed by atoms with Crippen LogP contribution in [0.3, 0.4) is 0 Å². The van der Waals surface area contributed by atoms with E-state index in [1.165, 1.54) is 11.8 Å². The van der Waals surface area contributed by atoms with E-state index < -0.39 is 11.9 Å². The van der Waals surface area contributed by atoms with Gasteiger partial charge in [-0.1, -0.05) is 30.0 Å². The number of nitrogens with zero attached hydrogens (tertiary/aromatic N) is 3. The summed E-state index contributed by atoms with van der Waals surface area (Å²) in [7, 11) is 0. The molecule has 0 fully saturated rings. The molecule has 198 valence electrons. The van der Waals surface area contributed by atoms with Gasteiger partial charge in [0.25, 0.3) is 0 Å². The third-order valence-corrected chi connectivity index (χ3v) is 7.39. The molecule has 0 atom stereocenters. The topological polar surface area (TPSA) is 122 Å². The number of rotatable bonds is 12. The SMILES string of the molecule is CCOC(=O)c1sc(NC(=O)CSc2nnc(COc3ccccc3C)n2CC)c(C(=O)OCC)c1C. The van der Waals surface area contributed by atoms with Crippen molar-refractivity contribution in [2.45, 2.75) is 52.9 Å². The van der Waals surface area contributed by atoms with Crippen molar-refractivity contribution in [3.8, 4) is 5.75 Å². The summed E-state index contributed by atoms with van der Waals surface area (Å²) in [5.74, 6) is -0.0971. The van der Waals surface area contributed by atoms with E-state index in [-0.39, 0.29) is 46.9 Å². The fourth-order valence-electron chi connectivity index (χ4n) is 3.45. The number of hydrogen-bond acceptors (Lipinski definition) is 10. The highest BCUT2D eigenvalue weighted by Gasteiger charge is 2.27. The van der Waals surface area contributed by atoms with Gasteiger partial charge in [0.2, 0.25) is 5.91 Å². The average Bonchev–Trinajstić information content (AvgIpc) is 3.42. The number of benzene rings is 1. The van der Waals surface area contributed by atoms with Crippen molar-refractivity contribution in [3.63, 3.8) is 0 Å². The van der Waals surface area contributed by atoms with Crippen molar-refractivity contribution in [2.24, 2.45) is 0 Å². The maximum absolute atomic E-state index is 12.8. The number of carbonyl (C=O) groups excluding carboxylic acids is 3. The van der Waals surface area contributed by atoms with Gasteiger partial charge in [-0.3, -0.25) is 4.79 Å². The van der Waals surface area contributed by atoms with E-state index in [2.05, 4.69) is 15.5 Å². The number of anilines is 1.